The first-order valence-corrected chi connectivity index (χ1v) is 4.90. The van der Waals surface area contributed by atoms with Gasteiger partial charge in [0.15, 0.2) is 0 Å². The molecule has 1 aromatic rings. The lowest BCUT2D eigenvalue weighted by Gasteiger charge is -2.10. The molecule has 2 nitrogen and oxygen atoms in total. The van der Waals surface area contributed by atoms with Gasteiger partial charge in [0.05, 0.1) is 0 Å². The predicted octanol–water partition coefficient (Wildman–Crippen LogP) is 2.81. The van der Waals surface area contributed by atoms with E-state index in [0.717, 1.165) is 22.2 Å². The molecule has 0 radical (unpaired) electrons. The smallest absolute Gasteiger partial charge is 0.106 e. The molecule has 3 heteroatoms. The summed E-state index contributed by atoms with van der Waals surface area (Å²) in [6, 6.07) is 3.89. The van der Waals surface area contributed by atoms with Gasteiger partial charge in [0, 0.05) is 12.2 Å². The summed E-state index contributed by atoms with van der Waals surface area (Å²) in [6.07, 6.45) is 2.60. The number of nitrogens with two attached hydrogens (primary N) is 1. The summed E-state index contributed by atoms with van der Waals surface area (Å²) in [5, 5.41) is 0. The van der Waals surface area contributed by atoms with Crippen LogP contribution in [0.1, 0.15) is 24.9 Å². The molecule has 0 aromatic carbocycles. The highest BCUT2D eigenvalue weighted by Crippen LogP contribution is 2.17. The lowest BCUT2D eigenvalue weighted by molar-refractivity contribution is 0.713. The molecule has 13 heavy (non-hydrogen) atoms. The van der Waals surface area contributed by atoms with Crippen molar-refractivity contribution in [3.8, 4) is 0 Å². The molecule has 0 spiro atoms. The van der Waals surface area contributed by atoms with Gasteiger partial charge in [-0.1, -0.05) is 11.6 Å². The van der Waals surface area contributed by atoms with E-state index in [1.165, 1.54) is 0 Å². The molecule has 0 fully saturated rings. The molecule has 1 atom stereocenters. The van der Waals surface area contributed by atoms with E-state index in [1.54, 1.807) is 6.20 Å². The Labute approximate surface area is 87.0 Å². The lowest BCUT2D eigenvalue weighted by Crippen LogP contribution is -2.10. The van der Waals surface area contributed by atoms with E-state index in [2.05, 4.69) is 27.5 Å². The van der Waals surface area contributed by atoms with E-state index in [0.29, 0.717) is 0 Å². The maximum Gasteiger partial charge on any atom is 0.106 e. The van der Waals surface area contributed by atoms with E-state index in [4.69, 9.17) is 5.73 Å². The van der Waals surface area contributed by atoms with Crippen molar-refractivity contribution < 1.29 is 0 Å². The Bertz CT molecular complexity index is 292. The zero-order chi connectivity index (χ0) is 9.84. The topological polar surface area (TPSA) is 38.9 Å². The van der Waals surface area contributed by atoms with Gasteiger partial charge in [0.25, 0.3) is 0 Å². The number of nitrogens with zero attached hydrogens (tertiary/aromatic N) is 1. The fourth-order valence-electron chi connectivity index (χ4n) is 1.10. The maximum absolute atomic E-state index is 5.93. The Morgan fingerprint density at radius 1 is 1.69 bits per heavy atom. The van der Waals surface area contributed by atoms with Crippen LogP contribution in [0.3, 0.4) is 0 Å². The van der Waals surface area contributed by atoms with E-state index >= 15 is 0 Å². The van der Waals surface area contributed by atoms with E-state index < -0.39 is 0 Å². The fraction of sp³-hybridized carbons (Fsp3) is 0.300. The average Bonchev–Trinajstić information content (AvgIpc) is 2.04. The second-order valence-electron chi connectivity index (χ2n) is 3.18. The largest absolute Gasteiger partial charge is 0.324 e. The van der Waals surface area contributed by atoms with Gasteiger partial charge in [0.1, 0.15) is 4.60 Å². The van der Waals surface area contributed by atoms with E-state index in [1.807, 2.05) is 19.1 Å². The lowest BCUT2D eigenvalue weighted by atomic mass is 10.0. The van der Waals surface area contributed by atoms with Crippen LogP contribution in [0.5, 0.6) is 0 Å². The van der Waals surface area contributed by atoms with Gasteiger partial charge in [-0.15, -0.1) is 6.58 Å². The van der Waals surface area contributed by atoms with Crippen molar-refractivity contribution in [3.63, 3.8) is 0 Å². The maximum atomic E-state index is 5.93. The molecule has 0 saturated carbocycles. The minimum absolute atomic E-state index is 0.0121. The molecule has 0 aliphatic heterocycles. The minimum atomic E-state index is 0.0121. The van der Waals surface area contributed by atoms with Crippen LogP contribution in [-0.4, -0.2) is 4.98 Å². The highest BCUT2D eigenvalue weighted by atomic mass is 79.9. The van der Waals surface area contributed by atoms with Crippen LogP contribution in [0, 0.1) is 0 Å². The summed E-state index contributed by atoms with van der Waals surface area (Å²) in [6.45, 7) is 5.81. The van der Waals surface area contributed by atoms with Crippen molar-refractivity contribution in [2.24, 2.45) is 5.73 Å². The van der Waals surface area contributed by atoms with Gasteiger partial charge in [-0.05, 0) is 40.9 Å². The van der Waals surface area contributed by atoms with Gasteiger partial charge in [-0.2, -0.15) is 0 Å². The molecule has 1 rings (SSSR count). The second-order valence-corrected chi connectivity index (χ2v) is 3.99. The SMILES string of the molecule is C=C(C)C[C@H](N)c1ccc(Br)nc1. The summed E-state index contributed by atoms with van der Waals surface area (Å²) in [7, 11) is 0. The van der Waals surface area contributed by atoms with E-state index in [9.17, 15) is 0 Å². The first kappa shape index (κ1) is 10.4. The van der Waals surface area contributed by atoms with Crippen molar-refractivity contribution >= 4 is 15.9 Å². The van der Waals surface area contributed by atoms with Crippen molar-refractivity contribution in [3.05, 3.63) is 40.6 Å². The summed E-state index contributed by atoms with van der Waals surface area (Å²) in [4.78, 5) is 4.11. The normalized spacial score (nSPS) is 12.5. The fourth-order valence-corrected chi connectivity index (χ4v) is 1.33. The molecular weight excluding hydrogens is 228 g/mol. The van der Waals surface area contributed by atoms with Crippen LogP contribution in [0.15, 0.2) is 35.1 Å². The van der Waals surface area contributed by atoms with Crippen molar-refractivity contribution in [1.29, 1.82) is 0 Å². The first-order chi connectivity index (χ1) is 6.09. The third-order valence-electron chi connectivity index (χ3n) is 1.75. The highest BCUT2D eigenvalue weighted by molar-refractivity contribution is 9.10. The van der Waals surface area contributed by atoms with Crippen molar-refractivity contribution in [2.45, 2.75) is 19.4 Å². The zero-order valence-electron chi connectivity index (χ0n) is 7.63. The summed E-state index contributed by atoms with van der Waals surface area (Å²) < 4.78 is 0.832. The molecule has 0 aliphatic rings. The van der Waals surface area contributed by atoms with Gasteiger partial charge >= 0.3 is 0 Å². The minimum Gasteiger partial charge on any atom is -0.324 e. The third kappa shape index (κ3) is 3.28. The summed E-state index contributed by atoms with van der Waals surface area (Å²) in [5.41, 5.74) is 8.07. The van der Waals surface area contributed by atoms with Crippen LogP contribution in [0.2, 0.25) is 0 Å². The molecule has 70 valence electrons. The van der Waals surface area contributed by atoms with Gasteiger partial charge in [-0.25, -0.2) is 4.98 Å². The molecule has 1 aromatic heterocycles. The Hall–Kier alpha value is -0.670. The highest BCUT2D eigenvalue weighted by Gasteiger charge is 2.05. The second kappa shape index (κ2) is 4.53. The quantitative estimate of drug-likeness (QED) is 0.652. The molecule has 0 bridgehead atoms. The van der Waals surface area contributed by atoms with E-state index in [-0.39, 0.29) is 6.04 Å². The number of rotatable bonds is 3. The summed E-state index contributed by atoms with van der Waals surface area (Å²) >= 11 is 3.28. The number of hydrogen-bond donors (Lipinski definition) is 1. The Balaban J connectivity index is 2.71. The monoisotopic (exact) mass is 240 g/mol. The Morgan fingerprint density at radius 3 is 2.85 bits per heavy atom. The average molecular weight is 241 g/mol. The van der Waals surface area contributed by atoms with Crippen molar-refractivity contribution in [2.75, 3.05) is 0 Å². The number of pyridine rings is 1. The number of hydrogen-bond acceptors (Lipinski definition) is 2. The van der Waals surface area contributed by atoms with Crippen LogP contribution in [0.25, 0.3) is 0 Å². The molecular formula is C10H13BrN2. The van der Waals surface area contributed by atoms with Crippen LogP contribution in [-0.2, 0) is 0 Å². The number of aromatic nitrogens is 1. The Morgan fingerprint density at radius 2 is 2.38 bits per heavy atom. The molecule has 0 aliphatic carbocycles. The first-order valence-electron chi connectivity index (χ1n) is 4.11. The van der Waals surface area contributed by atoms with Gasteiger partial charge in [0.2, 0.25) is 0 Å². The molecule has 0 amide bonds. The van der Waals surface area contributed by atoms with Crippen LogP contribution < -0.4 is 5.73 Å². The molecule has 1 heterocycles. The van der Waals surface area contributed by atoms with Crippen LogP contribution in [0.4, 0.5) is 0 Å². The van der Waals surface area contributed by atoms with Gasteiger partial charge in [-0.3, -0.25) is 0 Å². The molecule has 2 N–H and O–H groups in total. The standard InChI is InChI=1S/C10H13BrN2/c1-7(2)5-9(12)8-3-4-10(11)13-6-8/h3-4,6,9H,1,5,12H2,2H3/t9-/m0/s1. The zero-order valence-corrected chi connectivity index (χ0v) is 9.21. The Kier molecular flexibility index (Phi) is 3.63. The molecule has 0 unspecified atom stereocenters. The number of halogens is 1. The van der Waals surface area contributed by atoms with Crippen molar-refractivity contribution in [1.82, 2.24) is 4.98 Å². The predicted molar refractivity (Wildman–Crippen MR) is 58.3 cm³/mol. The van der Waals surface area contributed by atoms with Crippen LogP contribution >= 0.6 is 15.9 Å². The van der Waals surface area contributed by atoms with Gasteiger partial charge < -0.3 is 5.73 Å². The summed E-state index contributed by atoms with van der Waals surface area (Å²) in [5.74, 6) is 0. The molecule has 0 saturated heterocycles. The third-order valence-corrected chi connectivity index (χ3v) is 2.22.